The van der Waals surface area contributed by atoms with Gasteiger partial charge in [0.25, 0.3) is 5.91 Å². The Balaban J connectivity index is 2.28. The largest absolute Gasteiger partial charge is 0.478 e. The Bertz CT molecular complexity index is 691. The number of rotatable bonds is 3. The predicted octanol–water partition coefficient (Wildman–Crippen LogP) is 3.45. The molecule has 1 aromatic heterocycles. The Morgan fingerprint density at radius 1 is 1.30 bits per heavy atom. The first-order valence-corrected chi connectivity index (χ1v) is 6.60. The molecule has 1 heterocycles. The number of pyridine rings is 1. The van der Waals surface area contributed by atoms with Crippen LogP contribution in [0.2, 0.25) is 5.02 Å². The highest BCUT2D eigenvalue weighted by molar-refractivity contribution is 9.10. The van der Waals surface area contributed by atoms with Crippen molar-refractivity contribution < 1.29 is 14.7 Å². The second kappa shape index (κ2) is 6.02. The zero-order chi connectivity index (χ0) is 14.7. The molecule has 0 spiro atoms. The van der Waals surface area contributed by atoms with Gasteiger partial charge in [0.2, 0.25) is 0 Å². The van der Waals surface area contributed by atoms with Crippen molar-refractivity contribution in [3.63, 3.8) is 0 Å². The molecule has 0 aliphatic carbocycles. The van der Waals surface area contributed by atoms with Crippen molar-refractivity contribution in [1.29, 1.82) is 0 Å². The van der Waals surface area contributed by atoms with Crippen molar-refractivity contribution in [3.8, 4) is 0 Å². The van der Waals surface area contributed by atoms with Crippen LogP contribution in [0.1, 0.15) is 20.7 Å². The van der Waals surface area contributed by atoms with Gasteiger partial charge in [-0.1, -0.05) is 11.6 Å². The second-order valence-electron chi connectivity index (χ2n) is 3.81. The second-order valence-corrected chi connectivity index (χ2v) is 5.07. The van der Waals surface area contributed by atoms with Gasteiger partial charge in [0.1, 0.15) is 0 Å². The lowest BCUT2D eigenvalue weighted by Gasteiger charge is -2.08. The van der Waals surface area contributed by atoms with E-state index in [1.165, 1.54) is 24.5 Å². The molecule has 0 aliphatic heterocycles. The normalized spacial score (nSPS) is 10.1. The Kier molecular flexibility index (Phi) is 4.36. The molecule has 0 saturated heterocycles. The van der Waals surface area contributed by atoms with E-state index in [0.717, 1.165) is 0 Å². The first-order chi connectivity index (χ1) is 9.49. The van der Waals surface area contributed by atoms with Gasteiger partial charge in [0.05, 0.1) is 22.5 Å². The number of hydrogen-bond donors (Lipinski definition) is 2. The van der Waals surface area contributed by atoms with Crippen LogP contribution in [-0.2, 0) is 0 Å². The molecule has 5 nitrogen and oxygen atoms in total. The number of amides is 1. The number of carbonyl (C=O) groups is 2. The molecule has 7 heteroatoms. The van der Waals surface area contributed by atoms with Gasteiger partial charge in [-0.3, -0.25) is 9.78 Å². The summed E-state index contributed by atoms with van der Waals surface area (Å²) in [7, 11) is 0. The minimum Gasteiger partial charge on any atom is -0.478 e. The number of hydrogen-bond acceptors (Lipinski definition) is 3. The number of carboxylic acids is 1. The Hall–Kier alpha value is -1.92. The molecule has 1 amide bonds. The maximum atomic E-state index is 12.0. The molecular weight excluding hydrogens is 348 g/mol. The number of benzene rings is 1. The fourth-order valence-corrected chi connectivity index (χ4v) is 1.94. The van der Waals surface area contributed by atoms with E-state index in [4.69, 9.17) is 16.7 Å². The van der Waals surface area contributed by atoms with Crippen molar-refractivity contribution in [2.75, 3.05) is 5.32 Å². The lowest BCUT2D eigenvalue weighted by molar-refractivity contribution is 0.0698. The van der Waals surface area contributed by atoms with E-state index >= 15 is 0 Å². The molecule has 0 saturated carbocycles. The van der Waals surface area contributed by atoms with Crippen molar-refractivity contribution in [2.45, 2.75) is 0 Å². The van der Waals surface area contributed by atoms with Crippen LogP contribution in [0.3, 0.4) is 0 Å². The molecule has 0 aliphatic rings. The maximum Gasteiger partial charge on any atom is 0.337 e. The first kappa shape index (κ1) is 14.5. The van der Waals surface area contributed by atoms with Crippen LogP contribution in [0.5, 0.6) is 0 Å². The summed E-state index contributed by atoms with van der Waals surface area (Å²) in [6, 6.07) is 6.00. The summed E-state index contributed by atoms with van der Waals surface area (Å²) in [6.45, 7) is 0. The van der Waals surface area contributed by atoms with Gasteiger partial charge in [0, 0.05) is 16.2 Å². The third-order valence-electron chi connectivity index (χ3n) is 2.48. The number of aromatic carboxylic acids is 1. The van der Waals surface area contributed by atoms with E-state index < -0.39 is 11.9 Å². The monoisotopic (exact) mass is 354 g/mol. The summed E-state index contributed by atoms with van der Waals surface area (Å²) in [5.41, 5.74) is 0.416. The summed E-state index contributed by atoms with van der Waals surface area (Å²) in [5, 5.41) is 11.9. The van der Waals surface area contributed by atoms with Gasteiger partial charge in [-0.2, -0.15) is 0 Å². The van der Waals surface area contributed by atoms with Gasteiger partial charge in [0.15, 0.2) is 0 Å². The summed E-state index contributed by atoms with van der Waals surface area (Å²) >= 11 is 9.13. The molecule has 0 bridgehead atoms. The summed E-state index contributed by atoms with van der Waals surface area (Å²) in [5.74, 6) is -1.61. The van der Waals surface area contributed by atoms with Crippen LogP contribution in [0.25, 0.3) is 0 Å². The number of anilines is 1. The van der Waals surface area contributed by atoms with Crippen LogP contribution in [0, 0.1) is 0 Å². The van der Waals surface area contributed by atoms with E-state index in [1.54, 1.807) is 12.1 Å². The number of aromatic nitrogens is 1. The van der Waals surface area contributed by atoms with Crippen molar-refractivity contribution in [1.82, 2.24) is 4.98 Å². The molecule has 0 atom stereocenters. The SMILES string of the molecule is O=C(Nc1cnccc1C(=O)O)c1ccc(Br)c(Cl)c1. The number of halogens is 2. The van der Waals surface area contributed by atoms with Crippen molar-refractivity contribution >= 4 is 45.1 Å². The van der Waals surface area contributed by atoms with E-state index in [1.807, 2.05) is 0 Å². The fourth-order valence-electron chi connectivity index (χ4n) is 1.51. The van der Waals surface area contributed by atoms with E-state index in [-0.39, 0.29) is 11.3 Å². The average molecular weight is 356 g/mol. The van der Waals surface area contributed by atoms with E-state index in [0.29, 0.717) is 15.1 Å². The maximum absolute atomic E-state index is 12.0. The van der Waals surface area contributed by atoms with Crippen LogP contribution < -0.4 is 5.32 Å². The van der Waals surface area contributed by atoms with Crippen LogP contribution in [-0.4, -0.2) is 22.0 Å². The van der Waals surface area contributed by atoms with Crippen molar-refractivity contribution in [3.05, 3.63) is 57.3 Å². The molecule has 20 heavy (non-hydrogen) atoms. The highest BCUT2D eigenvalue weighted by Crippen LogP contribution is 2.24. The van der Waals surface area contributed by atoms with Crippen LogP contribution in [0.4, 0.5) is 5.69 Å². The Labute approximate surface area is 127 Å². The molecule has 2 N–H and O–H groups in total. The molecule has 0 fully saturated rings. The standard InChI is InChI=1S/C13H8BrClN2O3/c14-9-2-1-7(5-10(9)15)12(18)17-11-6-16-4-3-8(11)13(19)20/h1-6H,(H,17,18)(H,19,20). The molecule has 2 aromatic rings. The number of carboxylic acid groups (broad SMARTS) is 1. The molecule has 0 radical (unpaired) electrons. The zero-order valence-electron chi connectivity index (χ0n) is 9.93. The molecule has 0 unspecified atom stereocenters. The third-order valence-corrected chi connectivity index (χ3v) is 3.71. The van der Waals surface area contributed by atoms with Gasteiger partial charge >= 0.3 is 5.97 Å². The lowest BCUT2D eigenvalue weighted by Crippen LogP contribution is -2.15. The van der Waals surface area contributed by atoms with Gasteiger partial charge in [-0.05, 0) is 40.2 Å². The molecular formula is C13H8BrClN2O3. The number of nitrogens with one attached hydrogen (secondary N) is 1. The van der Waals surface area contributed by atoms with Crippen LogP contribution in [0.15, 0.2) is 41.1 Å². The number of nitrogens with zero attached hydrogens (tertiary/aromatic N) is 1. The quantitative estimate of drug-likeness (QED) is 0.884. The van der Waals surface area contributed by atoms with Gasteiger partial charge in [-0.25, -0.2) is 4.79 Å². The summed E-state index contributed by atoms with van der Waals surface area (Å²) in [4.78, 5) is 26.9. The molecule has 102 valence electrons. The predicted molar refractivity (Wildman–Crippen MR) is 78.3 cm³/mol. The fraction of sp³-hybridized carbons (Fsp3) is 0. The third kappa shape index (κ3) is 3.15. The van der Waals surface area contributed by atoms with Gasteiger partial charge < -0.3 is 10.4 Å². The highest BCUT2D eigenvalue weighted by Gasteiger charge is 2.14. The van der Waals surface area contributed by atoms with Crippen molar-refractivity contribution in [2.24, 2.45) is 0 Å². The van der Waals surface area contributed by atoms with Gasteiger partial charge in [-0.15, -0.1) is 0 Å². The first-order valence-electron chi connectivity index (χ1n) is 5.42. The molecule has 2 rings (SSSR count). The topological polar surface area (TPSA) is 79.3 Å². The smallest absolute Gasteiger partial charge is 0.337 e. The number of carbonyl (C=O) groups excluding carboxylic acids is 1. The minimum absolute atomic E-state index is 0.0310. The Morgan fingerprint density at radius 2 is 2.05 bits per heavy atom. The Morgan fingerprint density at radius 3 is 2.70 bits per heavy atom. The zero-order valence-corrected chi connectivity index (χ0v) is 12.3. The lowest BCUT2D eigenvalue weighted by atomic mass is 10.2. The minimum atomic E-state index is -1.14. The van der Waals surface area contributed by atoms with E-state index in [2.05, 4.69) is 26.2 Å². The van der Waals surface area contributed by atoms with E-state index in [9.17, 15) is 9.59 Å². The van der Waals surface area contributed by atoms with Crippen LogP contribution >= 0.6 is 27.5 Å². The summed E-state index contributed by atoms with van der Waals surface area (Å²) < 4.78 is 0.670. The highest BCUT2D eigenvalue weighted by atomic mass is 79.9. The molecule has 1 aromatic carbocycles. The summed E-state index contributed by atoms with van der Waals surface area (Å²) in [6.07, 6.45) is 2.62. The average Bonchev–Trinajstić information content (AvgIpc) is 2.42.